The maximum absolute atomic E-state index is 13.5. The minimum Gasteiger partial charge on any atom is -0.377 e. The Labute approximate surface area is 292 Å². The van der Waals surface area contributed by atoms with Gasteiger partial charge in [-0.15, -0.1) is 6.42 Å². The minimum atomic E-state index is -2.12. The van der Waals surface area contributed by atoms with E-state index in [9.17, 15) is 9.69 Å². The van der Waals surface area contributed by atoms with E-state index in [0.717, 1.165) is 12.0 Å². The van der Waals surface area contributed by atoms with Gasteiger partial charge in [-0.2, -0.15) is 15.1 Å². The van der Waals surface area contributed by atoms with Crippen molar-refractivity contribution in [2.24, 2.45) is 0 Å². The number of halogens is 1. The van der Waals surface area contributed by atoms with Crippen molar-refractivity contribution in [3.63, 3.8) is 0 Å². The molecule has 1 saturated heterocycles. The smallest absolute Gasteiger partial charge is 0.247 e. The van der Waals surface area contributed by atoms with Crippen LogP contribution in [0, 0.1) is 12.3 Å². The quantitative estimate of drug-likeness (QED) is 0.0413. The SMILES string of the molecule is C#CCOCCOCCOCCOCCNC(=O)C(Nc1nc(Cl)nc2c1cnn2C1CCC(CCP(O)CP(O)O)O1)c1ccccc1. The molecule has 4 atom stereocenters. The molecular weight excluding hydrogens is 698 g/mol. The number of hydrogen-bond acceptors (Lipinski definition) is 13. The zero-order valence-electron chi connectivity index (χ0n) is 27.0. The third kappa shape index (κ3) is 13.2. The number of terminal acetylenes is 1. The Morgan fingerprint density at radius 1 is 1.04 bits per heavy atom. The molecule has 0 spiro atoms. The van der Waals surface area contributed by atoms with Gasteiger partial charge >= 0.3 is 0 Å². The molecule has 4 rings (SSSR count). The molecule has 1 aliphatic heterocycles. The summed E-state index contributed by atoms with van der Waals surface area (Å²) in [5.74, 6) is 2.46. The highest BCUT2D eigenvalue weighted by Crippen LogP contribution is 2.44. The summed E-state index contributed by atoms with van der Waals surface area (Å²) in [6, 6.07) is 8.44. The molecule has 0 radical (unpaired) electrons. The van der Waals surface area contributed by atoms with Crippen molar-refractivity contribution in [3.8, 4) is 12.3 Å². The van der Waals surface area contributed by atoms with E-state index in [1.807, 2.05) is 30.3 Å². The molecule has 1 amide bonds. The van der Waals surface area contributed by atoms with Crippen molar-refractivity contribution in [2.45, 2.75) is 37.6 Å². The van der Waals surface area contributed by atoms with E-state index < -0.39 is 28.8 Å². The number of aromatic nitrogens is 4. The molecule has 268 valence electrons. The molecule has 1 aromatic carbocycles. The van der Waals surface area contributed by atoms with Gasteiger partial charge < -0.3 is 49.0 Å². The van der Waals surface area contributed by atoms with Gasteiger partial charge in [0.05, 0.1) is 69.8 Å². The van der Waals surface area contributed by atoms with Gasteiger partial charge in [0.15, 0.2) is 20.3 Å². The zero-order valence-corrected chi connectivity index (χ0v) is 29.6. The fourth-order valence-electron chi connectivity index (χ4n) is 5.03. The molecular formula is C31H43ClN6O9P2. The summed E-state index contributed by atoms with van der Waals surface area (Å²) >= 11 is 6.37. The van der Waals surface area contributed by atoms with Crippen molar-refractivity contribution < 1.29 is 43.2 Å². The van der Waals surface area contributed by atoms with Crippen LogP contribution in [0.3, 0.4) is 0 Å². The summed E-state index contributed by atoms with van der Waals surface area (Å²) in [6.07, 6.45) is 8.68. The van der Waals surface area contributed by atoms with E-state index >= 15 is 0 Å². The largest absolute Gasteiger partial charge is 0.377 e. The predicted molar refractivity (Wildman–Crippen MR) is 186 cm³/mol. The van der Waals surface area contributed by atoms with Gasteiger partial charge in [0.1, 0.15) is 18.5 Å². The average Bonchev–Trinajstić information content (AvgIpc) is 3.73. The lowest BCUT2D eigenvalue weighted by Gasteiger charge is -2.20. The van der Waals surface area contributed by atoms with Gasteiger partial charge in [-0.3, -0.25) is 4.79 Å². The summed E-state index contributed by atoms with van der Waals surface area (Å²) < 4.78 is 29.5. The first-order chi connectivity index (χ1) is 23.9. The Morgan fingerprint density at radius 3 is 2.43 bits per heavy atom. The Morgan fingerprint density at radius 2 is 1.73 bits per heavy atom. The van der Waals surface area contributed by atoms with E-state index in [-0.39, 0.29) is 36.3 Å². The topological polar surface area (TPSA) is 192 Å². The van der Waals surface area contributed by atoms with Gasteiger partial charge in [-0.1, -0.05) is 36.3 Å². The molecule has 2 aromatic heterocycles. The Balaban J connectivity index is 1.28. The predicted octanol–water partition coefficient (Wildman–Crippen LogP) is 3.16. The number of nitrogens with zero attached hydrogens (tertiary/aromatic N) is 4. The number of benzene rings is 1. The number of carbonyl (C=O) groups is 1. The molecule has 5 N–H and O–H groups in total. The summed E-state index contributed by atoms with van der Waals surface area (Å²) in [4.78, 5) is 50.7. The zero-order chi connectivity index (χ0) is 34.8. The number of carbonyl (C=O) groups excluding carboxylic acids is 1. The fraction of sp³-hybridized carbons (Fsp3) is 0.548. The molecule has 4 unspecified atom stereocenters. The molecule has 0 bridgehead atoms. The second-order valence-electron chi connectivity index (χ2n) is 10.9. The number of anilines is 1. The van der Waals surface area contributed by atoms with Gasteiger partial charge in [-0.05, 0) is 42.6 Å². The molecule has 18 heteroatoms. The van der Waals surface area contributed by atoms with E-state index in [0.29, 0.717) is 82.1 Å². The number of hydrogen-bond donors (Lipinski definition) is 5. The van der Waals surface area contributed by atoms with Gasteiger partial charge in [0, 0.05) is 14.7 Å². The number of nitrogens with one attached hydrogen (secondary N) is 2. The Kier molecular flexibility index (Phi) is 17.3. The summed E-state index contributed by atoms with van der Waals surface area (Å²) in [5.41, 5.74) is 1.17. The first-order valence-electron chi connectivity index (χ1n) is 15.8. The first kappa shape index (κ1) is 39.2. The summed E-state index contributed by atoms with van der Waals surface area (Å²) in [5, 5.41) is 11.2. The second kappa shape index (κ2) is 21.6. The highest BCUT2D eigenvalue weighted by molar-refractivity contribution is 7.66. The fourth-order valence-corrected chi connectivity index (χ4v) is 7.51. The molecule has 3 aromatic rings. The van der Waals surface area contributed by atoms with E-state index in [2.05, 4.69) is 31.6 Å². The van der Waals surface area contributed by atoms with Crippen molar-refractivity contribution in [1.82, 2.24) is 25.1 Å². The van der Waals surface area contributed by atoms with Crippen molar-refractivity contribution in [1.29, 1.82) is 0 Å². The number of rotatable bonds is 23. The minimum absolute atomic E-state index is 0.0186. The Bertz CT molecular complexity index is 1470. The van der Waals surface area contributed by atoms with E-state index in [4.69, 9.17) is 51.5 Å². The van der Waals surface area contributed by atoms with Crippen LogP contribution in [0.4, 0.5) is 5.82 Å². The van der Waals surface area contributed by atoms with E-state index in [1.165, 1.54) is 0 Å². The Hall–Kier alpha value is -2.57. The van der Waals surface area contributed by atoms with Crippen molar-refractivity contribution >= 4 is 50.9 Å². The highest BCUT2D eigenvalue weighted by Gasteiger charge is 2.30. The second-order valence-corrected chi connectivity index (χ2v) is 14.5. The van der Waals surface area contributed by atoms with Crippen LogP contribution < -0.4 is 10.6 Å². The number of fused-ring (bicyclic) bond motifs is 1. The first-order valence-corrected chi connectivity index (χ1v) is 19.3. The third-order valence-electron chi connectivity index (χ3n) is 7.31. The van der Waals surface area contributed by atoms with Crippen LogP contribution in [0.1, 0.15) is 37.1 Å². The van der Waals surface area contributed by atoms with Crippen LogP contribution in [-0.2, 0) is 28.5 Å². The molecule has 49 heavy (non-hydrogen) atoms. The molecule has 0 saturated carbocycles. The maximum atomic E-state index is 13.5. The van der Waals surface area contributed by atoms with E-state index in [1.54, 1.807) is 10.9 Å². The lowest BCUT2D eigenvalue weighted by Crippen LogP contribution is -2.35. The average molecular weight is 741 g/mol. The number of amides is 1. The van der Waals surface area contributed by atoms with Crippen LogP contribution in [0.15, 0.2) is 36.5 Å². The molecule has 1 fully saturated rings. The molecule has 15 nitrogen and oxygen atoms in total. The monoisotopic (exact) mass is 740 g/mol. The normalized spacial score (nSPS) is 17.3. The van der Waals surface area contributed by atoms with Crippen molar-refractivity contribution in [2.75, 3.05) is 76.8 Å². The van der Waals surface area contributed by atoms with Crippen LogP contribution in [0.5, 0.6) is 0 Å². The highest BCUT2D eigenvalue weighted by atomic mass is 35.5. The number of ether oxygens (including phenoxy) is 5. The summed E-state index contributed by atoms with van der Waals surface area (Å²) in [7, 11) is -3.57. The molecule has 1 aliphatic rings. The lowest BCUT2D eigenvalue weighted by atomic mass is 10.1. The van der Waals surface area contributed by atoms with Crippen molar-refractivity contribution in [3.05, 3.63) is 47.4 Å². The molecule has 0 aliphatic carbocycles. The molecule has 3 heterocycles. The summed E-state index contributed by atoms with van der Waals surface area (Å²) in [6.45, 7) is 3.36. The van der Waals surface area contributed by atoms with Crippen LogP contribution in [-0.4, -0.2) is 118 Å². The van der Waals surface area contributed by atoms with Crippen LogP contribution in [0.2, 0.25) is 5.28 Å². The maximum Gasteiger partial charge on any atom is 0.247 e. The van der Waals surface area contributed by atoms with Crippen LogP contribution >= 0.6 is 28.1 Å². The van der Waals surface area contributed by atoms with Gasteiger partial charge in [0.2, 0.25) is 11.2 Å². The third-order valence-corrected chi connectivity index (χ3v) is 10.6. The van der Waals surface area contributed by atoms with Gasteiger partial charge in [0.25, 0.3) is 0 Å². The van der Waals surface area contributed by atoms with Crippen LogP contribution in [0.25, 0.3) is 11.0 Å². The van der Waals surface area contributed by atoms with Gasteiger partial charge in [-0.25, -0.2) is 4.68 Å². The lowest BCUT2D eigenvalue weighted by molar-refractivity contribution is -0.122. The standard InChI is InChI=1S/C31H43ClN6O9P2/c1-2-12-43-14-16-45-18-19-46-17-15-44-13-11-33-30(39)27(23-6-4-3-5-7-23)35-28-25-21-34-38(29(25)37-31(32)36-28)26-9-8-24(47-26)10-20-48(40)22-49(41)42/h1,3-7,21,24,26-27,40-42H,8-20,22H2,(H,33,39)(H,35,36,37).